The van der Waals surface area contributed by atoms with Gasteiger partial charge in [-0.05, 0) is 25.0 Å². The van der Waals surface area contributed by atoms with Gasteiger partial charge in [-0.1, -0.05) is 0 Å². The monoisotopic (exact) mass is 355 g/mol. The summed E-state index contributed by atoms with van der Waals surface area (Å²) in [6.07, 6.45) is 5.01. The molecule has 0 saturated carbocycles. The molecule has 26 heavy (non-hydrogen) atoms. The summed E-state index contributed by atoms with van der Waals surface area (Å²) in [7, 11) is 0. The highest BCUT2D eigenvalue weighted by atomic mass is 19.1. The SMILES string of the molecule is Nc1nc2ccc(F)cn2c1-c1ncc2c(n1)N(C1CCOCC1)CN2. The van der Waals surface area contributed by atoms with Crippen molar-refractivity contribution >= 4 is 23.0 Å². The van der Waals surface area contributed by atoms with Gasteiger partial charge < -0.3 is 20.7 Å². The first kappa shape index (κ1) is 15.3. The van der Waals surface area contributed by atoms with Crippen LogP contribution >= 0.6 is 0 Å². The van der Waals surface area contributed by atoms with E-state index in [1.807, 2.05) is 0 Å². The highest BCUT2D eigenvalue weighted by Gasteiger charge is 2.30. The Morgan fingerprint density at radius 1 is 1.23 bits per heavy atom. The Morgan fingerprint density at radius 3 is 2.92 bits per heavy atom. The minimum absolute atomic E-state index is 0.277. The molecule has 3 N–H and O–H groups in total. The Kier molecular flexibility index (Phi) is 3.42. The number of nitrogen functional groups attached to an aromatic ring is 1. The Labute approximate surface area is 148 Å². The molecule has 0 unspecified atom stereocenters. The normalized spacial score (nSPS) is 17.5. The van der Waals surface area contributed by atoms with Crippen LogP contribution in [-0.4, -0.2) is 45.3 Å². The Balaban J connectivity index is 1.60. The molecule has 0 radical (unpaired) electrons. The number of halogens is 1. The van der Waals surface area contributed by atoms with Gasteiger partial charge in [0.25, 0.3) is 0 Å². The van der Waals surface area contributed by atoms with Gasteiger partial charge in [0.2, 0.25) is 0 Å². The predicted molar refractivity (Wildman–Crippen MR) is 95.4 cm³/mol. The molecule has 3 aromatic rings. The fourth-order valence-electron chi connectivity index (χ4n) is 3.63. The van der Waals surface area contributed by atoms with Gasteiger partial charge in [-0.25, -0.2) is 19.3 Å². The van der Waals surface area contributed by atoms with Gasteiger partial charge in [-0.3, -0.25) is 4.40 Å². The fourth-order valence-corrected chi connectivity index (χ4v) is 3.63. The molecule has 2 aliphatic rings. The molecule has 3 aromatic heterocycles. The summed E-state index contributed by atoms with van der Waals surface area (Å²) in [5, 5.41) is 3.33. The van der Waals surface area contributed by atoms with Crippen molar-refractivity contribution in [2.45, 2.75) is 18.9 Å². The zero-order valence-electron chi connectivity index (χ0n) is 14.0. The standard InChI is InChI=1S/C17H18FN7O/c18-10-1-2-13-22-15(19)14(24(13)8-10)16-20-7-12-17(23-16)25(9-21-12)11-3-5-26-6-4-11/h1-2,7-8,11,21H,3-6,9,19H2. The van der Waals surface area contributed by atoms with Crippen LogP contribution in [0, 0.1) is 5.82 Å². The first-order valence-corrected chi connectivity index (χ1v) is 8.59. The summed E-state index contributed by atoms with van der Waals surface area (Å²) < 4.78 is 20.8. The van der Waals surface area contributed by atoms with E-state index in [-0.39, 0.29) is 11.6 Å². The Hall–Kier alpha value is -2.94. The van der Waals surface area contributed by atoms with Crippen LogP contribution in [0.1, 0.15) is 12.8 Å². The molecule has 0 aromatic carbocycles. The first-order chi connectivity index (χ1) is 12.7. The summed E-state index contributed by atoms with van der Waals surface area (Å²) in [6, 6.07) is 3.31. The van der Waals surface area contributed by atoms with Crippen LogP contribution in [0.3, 0.4) is 0 Å². The number of anilines is 3. The number of nitrogens with zero attached hydrogens (tertiary/aromatic N) is 5. The maximum Gasteiger partial charge on any atom is 0.182 e. The van der Waals surface area contributed by atoms with Crippen molar-refractivity contribution < 1.29 is 9.13 Å². The fraction of sp³-hybridized carbons (Fsp3) is 0.353. The topological polar surface area (TPSA) is 93.6 Å². The lowest BCUT2D eigenvalue weighted by Crippen LogP contribution is -2.39. The highest BCUT2D eigenvalue weighted by Crippen LogP contribution is 2.35. The molecule has 1 fully saturated rings. The van der Waals surface area contributed by atoms with Crippen LogP contribution in [0.4, 0.5) is 21.7 Å². The van der Waals surface area contributed by atoms with E-state index >= 15 is 0 Å². The lowest BCUT2D eigenvalue weighted by atomic mass is 10.1. The summed E-state index contributed by atoms with van der Waals surface area (Å²) in [5.74, 6) is 1.18. The van der Waals surface area contributed by atoms with E-state index in [4.69, 9.17) is 15.5 Å². The molecule has 9 heteroatoms. The van der Waals surface area contributed by atoms with Gasteiger partial charge in [-0.15, -0.1) is 0 Å². The number of imidazole rings is 1. The van der Waals surface area contributed by atoms with Crippen LogP contribution < -0.4 is 16.0 Å². The van der Waals surface area contributed by atoms with E-state index < -0.39 is 0 Å². The number of hydrogen-bond acceptors (Lipinski definition) is 7. The van der Waals surface area contributed by atoms with E-state index in [0.29, 0.717) is 29.9 Å². The van der Waals surface area contributed by atoms with Gasteiger partial charge in [0.05, 0.1) is 18.6 Å². The van der Waals surface area contributed by atoms with Crippen molar-refractivity contribution in [2.24, 2.45) is 0 Å². The molecule has 0 bridgehead atoms. The summed E-state index contributed by atoms with van der Waals surface area (Å²) >= 11 is 0. The van der Waals surface area contributed by atoms with Crippen molar-refractivity contribution in [3.8, 4) is 11.5 Å². The van der Waals surface area contributed by atoms with Crippen molar-refractivity contribution in [1.29, 1.82) is 0 Å². The molecule has 0 atom stereocenters. The summed E-state index contributed by atoms with van der Waals surface area (Å²) in [6.45, 7) is 2.21. The van der Waals surface area contributed by atoms with Gasteiger partial charge in [0.1, 0.15) is 17.2 Å². The van der Waals surface area contributed by atoms with Crippen molar-refractivity contribution in [3.63, 3.8) is 0 Å². The Morgan fingerprint density at radius 2 is 2.08 bits per heavy atom. The van der Waals surface area contributed by atoms with E-state index in [1.165, 1.54) is 12.3 Å². The lowest BCUT2D eigenvalue weighted by Gasteiger charge is -2.31. The van der Waals surface area contributed by atoms with Crippen LogP contribution in [0.2, 0.25) is 0 Å². The molecule has 5 heterocycles. The van der Waals surface area contributed by atoms with E-state index in [0.717, 1.165) is 37.6 Å². The quantitative estimate of drug-likeness (QED) is 0.725. The van der Waals surface area contributed by atoms with Crippen LogP contribution in [0.5, 0.6) is 0 Å². The van der Waals surface area contributed by atoms with Crippen LogP contribution in [0.25, 0.3) is 17.2 Å². The molecule has 0 amide bonds. The number of aromatic nitrogens is 4. The van der Waals surface area contributed by atoms with Gasteiger partial charge in [0.15, 0.2) is 17.5 Å². The zero-order valence-corrected chi connectivity index (χ0v) is 14.0. The largest absolute Gasteiger partial charge is 0.382 e. The molecule has 134 valence electrons. The minimum Gasteiger partial charge on any atom is -0.382 e. The van der Waals surface area contributed by atoms with Crippen molar-refractivity contribution in [2.75, 3.05) is 35.8 Å². The number of rotatable bonds is 2. The van der Waals surface area contributed by atoms with E-state index in [9.17, 15) is 4.39 Å². The van der Waals surface area contributed by atoms with E-state index in [1.54, 1.807) is 16.7 Å². The van der Waals surface area contributed by atoms with Crippen LogP contribution in [-0.2, 0) is 4.74 Å². The van der Waals surface area contributed by atoms with Gasteiger partial charge in [0, 0.05) is 25.5 Å². The predicted octanol–water partition coefficient (Wildman–Crippen LogP) is 1.88. The van der Waals surface area contributed by atoms with Gasteiger partial charge in [-0.2, -0.15) is 0 Å². The lowest BCUT2D eigenvalue weighted by molar-refractivity contribution is 0.0849. The molecular formula is C17H18FN7O. The molecule has 8 nitrogen and oxygen atoms in total. The summed E-state index contributed by atoms with van der Waals surface area (Å²) in [5.41, 5.74) is 8.02. The van der Waals surface area contributed by atoms with Crippen molar-refractivity contribution in [1.82, 2.24) is 19.4 Å². The molecule has 0 spiro atoms. The summed E-state index contributed by atoms with van der Waals surface area (Å²) in [4.78, 5) is 15.7. The average Bonchev–Trinajstić information content (AvgIpc) is 3.22. The number of ether oxygens (including phenoxy) is 1. The Bertz CT molecular complexity index is 983. The minimum atomic E-state index is -0.372. The first-order valence-electron chi connectivity index (χ1n) is 8.59. The zero-order chi connectivity index (χ0) is 17.7. The molecule has 1 saturated heterocycles. The number of fused-ring (bicyclic) bond motifs is 2. The molecule has 5 rings (SSSR count). The molecular weight excluding hydrogens is 337 g/mol. The average molecular weight is 355 g/mol. The van der Waals surface area contributed by atoms with Gasteiger partial charge >= 0.3 is 0 Å². The van der Waals surface area contributed by atoms with E-state index in [2.05, 4.69) is 20.2 Å². The number of nitrogens with one attached hydrogen (secondary N) is 1. The third-order valence-corrected chi connectivity index (χ3v) is 4.93. The van der Waals surface area contributed by atoms with Crippen LogP contribution in [0.15, 0.2) is 24.5 Å². The number of pyridine rings is 1. The maximum atomic E-state index is 13.7. The smallest absolute Gasteiger partial charge is 0.182 e. The third-order valence-electron chi connectivity index (χ3n) is 4.93. The maximum absolute atomic E-state index is 13.7. The van der Waals surface area contributed by atoms with Crippen molar-refractivity contribution in [3.05, 3.63) is 30.3 Å². The second kappa shape index (κ2) is 5.80. The number of hydrogen-bond donors (Lipinski definition) is 2. The number of nitrogens with two attached hydrogens (primary N) is 1. The second-order valence-electron chi connectivity index (χ2n) is 6.50. The second-order valence-corrected chi connectivity index (χ2v) is 6.50. The molecule has 2 aliphatic heterocycles. The highest BCUT2D eigenvalue weighted by molar-refractivity contribution is 5.76. The third kappa shape index (κ3) is 2.35. The molecule has 0 aliphatic carbocycles.